The van der Waals surface area contributed by atoms with Crippen LogP contribution in [-0.2, 0) is 43.9 Å². The maximum Gasteiger partial charge on any atom is 0.338 e. The Balaban J connectivity index is 1.31. The minimum Gasteiger partial charge on any atom is -0.499 e. The van der Waals surface area contributed by atoms with Gasteiger partial charge in [-0.25, -0.2) is 4.79 Å². The van der Waals surface area contributed by atoms with Crippen molar-refractivity contribution in [3.8, 4) is 0 Å². The summed E-state index contributed by atoms with van der Waals surface area (Å²) in [5, 5.41) is 24.2. The molecule has 56 heavy (non-hydrogen) atoms. The van der Waals surface area contributed by atoms with E-state index >= 15 is 0 Å². The lowest BCUT2D eigenvalue weighted by molar-refractivity contribution is -0.157. The molecule has 5 rings (SSSR count). The molecule has 2 aliphatic rings. The Morgan fingerprint density at radius 3 is 2.27 bits per heavy atom. The number of esters is 2. The number of rotatable bonds is 17. The highest BCUT2D eigenvalue weighted by Gasteiger charge is 2.55. The number of hydrogen-bond donors (Lipinski definition) is 4. The molecule has 298 valence electrons. The second-order valence-electron chi connectivity index (χ2n) is 14.5. The van der Waals surface area contributed by atoms with Crippen molar-refractivity contribution in [1.82, 2.24) is 10.6 Å². The summed E-state index contributed by atoms with van der Waals surface area (Å²) in [6.45, 7) is 4.89. The first-order chi connectivity index (χ1) is 26.9. The summed E-state index contributed by atoms with van der Waals surface area (Å²) in [5.74, 6) is -3.34. The quantitative estimate of drug-likeness (QED) is 0.0874. The van der Waals surface area contributed by atoms with Gasteiger partial charge in [0, 0.05) is 42.5 Å². The van der Waals surface area contributed by atoms with Crippen molar-refractivity contribution in [2.75, 3.05) is 26.4 Å². The molecule has 13 nitrogen and oxygen atoms in total. The van der Waals surface area contributed by atoms with Crippen LogP contribution < -0.4 is 10.6 Å². The molecule has 0 bridgehead atoms. The van der Waals surface area contributed by atoms with E-state index in [0.717, 1.165) is 0 Å². The van der Waals surface area contributed by atoms with Crippen molar-refractivity contribution < 1.29 is 53.1 Å². The maximum absolute atomic E-state index is 13.7. The molecule has 0 spiro atoms. The Morgan fingerprint density at radius 2 is 1.62 bits per heavy atom. The Kier molecular flexibility index (Phi) is 14.6. The van der Waals surface area contributed by atoms with Gasteiger partial charge in [-0.1, -0.05) is 72.8 Å². The molecule has 3 aromatic rings. The van der Waals surface area contributed by atoms with Crippen molar-refractivity contribution in [2.45, 2.75) is 82.2 Å². The van der Waals surface area contributed by atoms with E-state index in [2.05, 4.69) is 10.6 Å². The van der Waals surface area contributed by atoms with Crippen molar-refractivity contribution in [3.63, 3.8) is 0 Å². The van der Waals surface area contributed by atoms with E-state index in [1.165, 1.54) is 6.26 Å². The molecule has 0 saturated carbocycles. The largest absolute Gasteiger partial charge is 0.499 e. The van der Waals surface area contributed by atoms with Crippen molar-refractivity contribution in [1.29, 1.82) is 0 Å². The molecule has 1 fully saturated rings. The van der Waals surface area contributed by atoms with Crippen LogP contribution >= 0.6 is 0 Å². The van der Waals surface area contributed by atoms with E-state index in [-0.39, 0.29) is 63.2 Å². The molecule has 0 aromatic heterocycles. The van der Waals surface area contributed by atoms with Gasteiger partial charge in [-0.15, -0.1) is 0 Å². The highest BCUT2D eigenvalue weighted by Crippen LogP contribution is 2.47. The second-order valence-corrected chi connectivity index (χ2v) is 14.5. The maximum atomic E-state index is 13.7. The SMILES string of the molecule is CC(C)(C)OC(=O)CCC(CO)NC(=O)CCNC(=O)C1=CC2OC(c3ccccc3)(c3ccccc3)OC2C(OC(=O)c2cccc(C=COCCO)c2)C1. The lowest BCUT2D eigenvalue weighted by Gasteiger charge is -2.31. The Bertz CT molecular complexity index is 1820. The first-order valence-corrected chi connectivity index (χ1v) is 18.7. The molecule has 0 radical (unpaired) electrons. The number of aliphatic hydroxyl groups excluding tert-OH is 2. The minimum atomic E-state index is -1.38. The van der Waals surface area contributed by atoms with Gasteiger partial charge < -0.3 is 44.5 Å². The lowest BCUT2D eigenvalue weighted by Crippen LogP contribution is -2.44. The molecule has 1 aliphatic carbocycles. The summed E-state index contributed by atoms with van der Waals surface area (Å²) in [6.07, 6.45) is 2.33. The smallest absolute Gasteiger partial charge is 0.338 e. The molecule has 1 aliphatic heterocycles. The number of carbonyl (C=O) groups excluding carboxylic acids is 4. The molecule has 13 heteroatoms. The Labute approximate surface area is 326 Å². The number of fused-ring (bicyclic) bond motifs is 1. The van der Waals surface area contributed by atoms with Crippen LogP contribution in [0.25, 0.3) is 6.08 Å². The van der Waals surface area contributed by atoms with E-state index < -0.39 is 59.5 Å². The summed E-state index contributed by atoms with van der Waals surface area (Å²) < 4.78 is 30.2. The van der Waals surface area contributed by atoms with Crippen LogP contribution in [0.1, 0.15) is 73.5 Å². The highest BCUT2D eigenvalue weighted by atomic mass is 16.8. The summed E-state index contributed by atoms with van der Waals surface area (Å²) in [5.41, 5.74) is 2.00. The Hall–Kier alpha value is -5.34. The number of ether oxygens (including phenoxy) is 5. The van der Waals surface area contributed by atoms with Gasteiger partial charge in [0.1, 0.15) is 30.5 Å². The van der Waals surface area contributed by atoms with Crippen LogP contribution in [-0.4, -0.2) is 90.3 Å². The molecular formula is C43H50N2O11. The fourth-order valence-electron chi connectivity index (χ4n) is 6.41. The summed E-state index contributed by atoms with van der Waals surface area (Å²) >= 11 is 0. The van der Waals surface area contributed by atoms with Crippen molar-refractivity contribution in [3.05, 3.63) is 125 Å². The molecule has 4 atom stereocenters. The summed E-state index contributed by atoms with van der Waals surface area (Å²) in [6, 6.07) is 24.9. The van der Waals surface area contributed by atoms with Gasteiger partial charge in [0.05, 0.1) is 31.1 Å². The van der Waals surface area contributed by atoms with Crippen LogP contribution in [0.5, 0.6) is 0 Å². The van der Waals surface area contributed by atoms with E-state index in [1.807, 2.05) is 60.7 Å². The predicted molar refractivity (Wildman–Crippen MR) is 206 cm³/mol. The van der Waals surface area contributed by atoms with Crippen LogP contribution in [0.4, 0.5) is 0 Å². The average Bonchev–Trinajstić information content (AvgIpc) is 3.59. The second kappa shape index (κ2) is 19.5. The lowest BCUT2D eigenvalue weighted by atomic mass is 9.91. The number of nitrogens with one attached hydrogen (secondary N) is 2. The fraction of sp³-hybridized carbons (Fsp3) is 0.395. The third kappa shape index (κ3) is 11.4. The minimum absolute atomic E-state index is 0.000198. The molecule has 4 N–H and O–H groups in total. The van der Waals surface area contributed by atoms with Gasteiger partial charge in [-0.2, -0.15) is 0 Å². The van der Waals surface area contributed by atoms with Gasteiger partial charge in [-0.05, 0) is 57.0 Å². The van der Waals surface area contributed by atoms with Crippen LogP contribution in [0, 0.1) is 0 Å². The van der Waals surface area contributed by atoms with Gasteiger partial charge in [-0.3, -0.25) is 14.4 Å². The highest BCUT2D eigenvalue weighted by molar-refractivity contribution is 5.94. The first-order valence-electron chi connectivity index (χ1n) is 18.7. The average molecular weight is 771 g/mol. The zero-order valence-electron chi connectivity index (χ0n) is 31.8. The number of amides is 2. The molecule has 1 saturated heterocycles. The van der Waals surface area contributed by atoms with Crippen LogP contribution in [0.2, 0.25) is 0 Å². The third-order valence-electron chi connectivity index (χ3n) is 8.97. The first kappa shape index (κ1) is 41.8. The number of carbonyl (C=O) groups is 4. The molecule has 3 aromatic carbocycles. The monoisotopic (exact) mass is 770 g/mol. The third-order valence-corrected chi connectivity index (χ3v) is 8.97. The van der Waals surface area contributed by atoms with E-state index in [4.69, 9.17) is 28.8 Å². The number of hydrogen-bond acceptors (Lipinski definition) is 11. The zero-order valence-corrected chi connectivity index (χ0v) is 31.8. The van der Waals surface area contributed by atoms with Crippen LogP contribution in [0.15, 0.2) is 103 Å². The van der Waals surface area contributed by atoms with Crippen molar-refractivity contribution >= 4 is 29.8 Å². The van der Waals surface area contributed by atoms with Gasteiger partial charge in [0.25, 0.3) is 0 Å². The number of aliphatic hydroxyl groups is 2. The molecular weight excluding hydrogens is 720 g/mol. The molecule has 2 amide bonds. The van der Waals surface area contributed by atoms with Crippen LogP contribution in [0.3, 0.4) is 0 Å². The fourth-order valence-corrected chi connectivity index (χ4v) is 6.41. The molecule has 1 heterocycles. The standard InChI is InChI=1S/C43H50N2O11/c1-42(2,3)55-38(49)18-17-34(28-47)45-37(48)19-21-44-40(50)31-26-35(53-41(51)30-12-10-11-29(25-30)20-23-52-24-22-46)39-36(27-31)54-43(56-39,32-13-6-4-7-14-32)33-15-8-5-9-16-33/h4-16,20,23,25,27,34-36,39,46-47H,17-19,21-22,24,26,28H2,1-3H3,(H,44,50)(H,45,48). The van der Waals surface area contributed by atoms with Crippen molar-refractivity contribution in [2.24, 2.45) is 0 Å². The van der Waals surface area contributed by atoms with E-state index in [1.54, 1.807) is 57.2 Å². The van der Waals surface area contributed by atoms with Gasteiger partial charge in [0.15, 0.2) is 0 Å². The van der Waals surface area contributed by atoms with E-state index in [0.29, 0.717) is 16.7 Å². The zero-order chi connectivity index (χ0) is 40.1. The summed E-state index contributed by atoms with van der Waals surface area (Å²) in [4.78, 5) is 52.2. The normalized spacial score (nSPS) is 19.3. The van der Waals surface area contributed by atoms with E-state index in [9.17, 15) is 24.3 Å². The summed E-state index contributed by atoms with van der Waals surface area (Å²) in [7, 11) is 0. The number of benzene rings is 3. The molecule has 4 unspecified atom stereocenters. The Morgan fingerprint density at radius 1 is 0.929 bits per heavy atom. The topological polar surface area (TPSA) is 179 Å². The predicted octanol–water partition coefficient (Wildman–Crippen LogP) is 4.31. The van der Waals surface area contributed by atoms with Gasteiger partial charge in [0.2, 0.25) is 17.6 Å². The van der Waals surface area contributed by atoms with Gasteiger partial charge >= 0.3 is 11.9 Å².